The zero-order chi connectivity index (χ0) is 14.2. The van der Waals surface area contributed by atoms with Crippen LogP contribution in [0, 0.1) is 0 Å². The van der Waals surface area contributed by atoms with Crippen molar-refractivity contribution in [3.05, 3.63) is 33.3 Å². The van der Waals surface area contributed by atoms with E-state index in [1.54, 1.807) is 12.1 Å². The number of carbonyl (C=O) groups is 1. The van der Waals surface area contributed by atoms with Gasteiger partial charge in [0.1, 0.15) is 0 Å². The van der Waals surface area contributed by atoms with Gasteiger partial charge in [0, 0.05) is 9.50 Å². The molecule has 1 aromatic rings. The van der Waals surface area contributed by atoms with Crippen LogP contribution in [0.15, 0.2) is 22.7 Å². The predicted octanol–water partition coefficient (Wildman–Crippen LogP) is 2.24. The van der Waals surface area contributed by atoms with Gasteiger partial charge in [0.15, 0.2) is 9.84 Å². The summed E-state index contributed by atoms with van der Waals surface area (Å²) in [5, 5.41) is 2.45. The van der Waals surface area contributed by atoms with E-state index in [4.69, 9.17) is 23.2 Å². The highest BCUT2D eigenvalue weighted by Crippen LogP contribution is 2.23. The summed E-state index contributed by atoms with van der Waals surface area (Å²) < 4.78 is 23.4. The van der Waals surface area contributed by atoms with E-state index in [2.05, 4.69) is 21.2 Å². The van der Waals surface area contributed by atoms with Crippen LogP contribution in [-0.2, 0) is 9.84 Å². The Hall–Kier alpha value is -0.300. The normalized spacial score (nSPS) is 25.2. The van der Waals surface area contributed by atoms with Crippen LogP contribution in [0.1, 0.15) is 10.4 Å². The van der Waals surface area contributed by atoms with Gasteiger partial charge >= 0.3 is 0 Å². The third kappa shape index (κ3) is 3.62. The van der Waals surface area contributed by atoms with E-state index in [9.17, 15) is 13.2 Å². The van der Waals surface area contributed by atoms with E-state index in [0.717, 1.165) is 0 Å². The molecule has 0 saturated carbocycles. The molecule has 0 spiro atoms. The third-order valence-corrected chi connectivity index (χ3v) is 6.07. The minimum absolute atomic E-state index is 0.115. The molecule has 8 heteroatoms. The number of hydrogen-bond donors (Lipinski definition) is 1. The Balaban J connectivity index is 2.16. The molecule has 1 aromatic carbocycles. The molecule has 0 aromatic heterocycles. The number of benzene rings is 1. The smallest absolute Gasteiger partial charge is 0.252 e. The van der Waals surface area contributed by atoms with Gasteiger partial charge in [0.2, 0.25) is 0 Å². The number of sulfone groups is 1. The Morgan fingerprint density at radius 1 is 1.37 bits per heavy atom. The van der Waals surface area contributed by atoms with Crippen LogP contribution in [0.3, 0.4) is 0 Å². The second kappa shape index (κ2) is 5.60. The standard InChI is InChI=1S/C11H10BrCl2NO3S/c12-8-2-1-6(13)3-7(8)11(16)15-10-5-19(17,18)4-9(10)14/h1-3,9-10H,4-5H2,(H,15,16). The quantitative estimate of drug-likeness (QED) is 0.792. The lowest BCUT2D eigenvalue weighted by molar-refractivity contribution is 0.0941. The maximum atomic E-state index is 12.1. The SMILES string of the molecule is O=C(NC1CS(=O)(=O)CC1Cl)c1cc(Cl)ccc1Br. The van der Waals surface area contributed by atoms with Gasteiger partial charge in [-0.15, -0.1) is 11.6 Å². The van der Waals surface area contributed by atoms with Crippen molar-refractivity contribution >= 4 is 54.9 Å². The van der Waals surface area contributed by atoms with Gasteiger partial charge in [0.25, 0.3) is 5.91 Å². The molecule has 19 heavy (non-hydrogen) atoms. The first-order chi connectivity index (χ1) is 8.78. The average Bonchev–Trinajstić information content (AvgIpc) is 2.55. The lowest BCUT2D eigenvalue weighted by atomic mass is 10.2. The van der Waals surface area contributed by atoms with Gasteiger partial charge in [-0.05, 0) is 34.1 Å². The second-order valence-corrected chi connectivity index (χ2v) is 8.30. The molecule has 1 aliphatic rings. The van der Waals surface area contributed by atoms with Crippen molar-refractivity contribution in [2.45, 2.75) is 11.4 Å². The Morgan fingerprint density at radius 3 is 2.63 bits per heavy atom. The molecule has 104 valence electrons. The number of amides is 1. The van der Waals surface area contributed by atoms with Crippen LogP contribution in [0.2, 0.25) is 5.02 Å². The topological polar surface area (TPSA) is 63.2 Å². The molecule has 1 fully saturated rings. The van der Waals surface area contributed by atoms with Crippen LogP contribution < -0.4 is 5.32 Å². The van der Waals surface area contributed by atoms with Gasteiger partial charge < -0.3 is 5.32 Å². The summed E-state index contributed by atoms with van der Waals surface area (Å²) in [5.74, 6) is -0.650. The lowest BCUT2D eigenvalue weighted by Crippen LogP contribution is -2.40. The Morgan fingerprint density at radius 2 is 2.05 bits per heavy atom. The third-order valence-electron chi connectivity index (χ3n) is 2.77. The number of rotatable bonds is 2. The molecule has 1 aliphatic heterocycles. The lowest BCUT2D eigenvalue weighted by Gasteiger charge is -2.15. The minimum Gasteiger partial charge on any atom is -0.347 e. The maximum absolute atomic E-state index is 12.1. The summed E-state index contributed by atoms with van der Waals surface area (Å²) in [6.07, 6.45) is 0. The largest absolute Gasteiger partial charge is 0.347 e. The number of hydrogen-bond acceptors (Lipinski definition) is 3. The monoisotopic (exact) mass is 385 g/mol. The Kier molecular flexibility index (Phi) is 4.45. The maximum Gasteiger partial charge on any atom is 0.252 e. The van der Waals surface area contributed by atoms with Crippen molar-refractivity contribution in [2.75, 3.05) is 11.5 Å². The first-order valence-electron chi connectivity index (χ1n) is 5.39. The Bertz CT molecular complexity index is 620. The number of alkyl halides is 1. The summed E-state index contributed by atoms with van der Waals surface area (Å²) in [5.41, 5.74) is 0.348. The molecule has 1 saturated heterocycles. The van der Waals surface area contributed by atoms with Crippen molar-refractivity contribution in [1.82, 2.24) is 5.32 Å². The molecule has 0 aliphatic carbocycles. The highest BCUT2D eigenvalue weighted by atomic mass is 79.9. The van der Waals surface area contributed by atoms with E-state index in [0.29, 0.717) is 15.1 Å². The average molecular weight is 387 g/mol. The molecule has 4 nitrogen and oxygen atoms in total. The van der Waals surface area contributed by atoms with Crippen LogP contribution >= 0.6 is 39.1 Å². The predicted molar refractivity (Wildman–Crippen MR) is 78.7 cm³/mol. The van der Waals surface area contributed by atoms with Crippen LogP contribution in [0.25, 0.3) is 0 Å². The molecular formula is C11H10BrCl2NO3S. The summed E-state index contributed by atoms with van der Waals surface area (Å²) in [6, 6.07) is 4.23. The highest BCUT2D eigenvalue weighted by Gasteiger charge is 2.37. The van der Waals surface area contributed by atoms with E-state index in [-0.39, 0.29) is 11.5 Å². The fourth-order valence-corrected chi connectivity index (χ4v) is 5.00. The molecule has 0 bridgehead atoms. The van der Waals surface area contributed by atoms with Gasteiger partial charge in [0.05, 0.1) is 28.5 Å². The summed E-state index contributed by atoms with van der Waals surface area (Å²) in [7, 11) is -3.18. The molecular weight excluding hydrogens is 377 g/mol. The molecule has 2 atom stereocenters. The van der Waals surface area contributed by atoms with E-state index >= 15 is 0 Å². The zero-order valence-corrected chi connectivity index (χ0v) is 13.5. The van der Waals surface area contributed by atoms with Gasteiger partial charge in [-0.2, -0.15) is 0 Å². The number of halogens is 3. The van der Waals surface area contributed by atoms with Crippen molar-refractivity contribution in [3.63, 3.8) is 0 Å². The second-order valence-electron chi connectivity index (χ2n) is 4.30. The minimum atomic E-state index is -3.18. The fraction of sp³-hybridized carbons (Fsp3) is 0.364. The first-order valence-corrected chi connectivity index (χ1v) is 8.82. The molecule has 2 rings (SSSR count). The van der Waals surface area contributed by atoms with Crippen LogP contribution in [-0.4, -0.2) is 37.2 Å². The summed E-state index contributed by atoms with van der Waals surface area (Å²) in [4.78, 5) is 12.1. The van der Waals surface area contributed by atoms with Crippen molar-refractivity contribution in [3.8, 4) is 0 Å². The van der Waals surface area contributed by atoms with E-state index in [1.165, 1.54) is 6.07 Å². The zero-order valence-electron chi connectivity index (χ0n) is 9.57. The van der Waals surface area contributed by atoms with E-state index in [1.807, 2.05) is 0 Å². The number of nitrogens with one attached hydrogen (secondary N) is 1. The highest BCUT2D eigenvalue weighted by molar-refractivity contribution is 9.10. The van der Waals surface area contributed by atoms with Crippen LogP contribution in [0.5, 0.6) is 0 Å². The Labute approximate surface area is 129 Å². The summed E-state index contributed by atoms with van der Waals surface area (Å²) >= 11 is 15.0. The molecule has 0 radical (unpaired) electrons. The fourth-order valence-electron chi connectivity index (χ4n) is 1.85. The molecule has 1 heterocycles. The number of carbonyl (C=O) groups excluding carboxylic acids is 1. The molecule has 1 amide bonds. The molecule has 1 N–H and O–H groups in total. The van der Waals surface area contributed by atoms with Crippen molar-refractivity contribution in [1.29, 1.82) is 0 Å². The first kappa shape index (κ1) is 15.1. The van der Waals surface area contributed by atoms with Crippen molar-refractivity contribution in [2.24, 2.45) is 0 Å². The van der Waals surface area contributed by atoms with Crippen LogP contribution in [0.4, 0.5) is 0 Å². The van der Waals surface area contributed by atoms with Gasteiger partial charge in [-0.25, -0.2) is 8.42 Å². The van der Waals surface area contributed by atoms with Crippen molar-refractivity contribution < 1.29 is 13.2 Å². The van der Waals surface area contributed by atoms with Gasteiger partial charge in [-0.3, -0.25) is 4.79 Å². The van der Waals surface area contributed by atoms with E-state index < -0.39 is 27.2 Å². The molecule has 2 unspecified atom stereocenters. The summed E-state index contributed by atoms with van der Waals surface area (Å²) in [6.45, 7) is 0. The van der Waals surface area contributed by atoms with Gasteiger partial charge in [-0.1, -0.05) is 11.6 Å².